The van der Waals surface area contributed by atoms with Crippen LogP contribution in [0.5, 0.6) is 11.5 Å². The zero-order valence-electron chi connectivity index (χ0n) is 11.2. The molecule has 1 rings (SSSR count). The van der Waals surface area contributed by atoms with Crippen LogP contribution in [0.4, 0.5) is 0 Å². The number of rotatable bonds is 8. The fraction of sp³-hybridized carbons (Fsp3) is 0.429. The first-order valence-electron chi connectivity index (χ1n) is 6.19. The minimum Gasteiger partial charge on any atom is -0.493 e. The first-order chi connectivity index (χ1) is 9.21. The van der Waals surface area contributed by atoms with Gasteiger partial charge in [-0.05, 0) is 19.5 Å². The van der Waals surface area contributed by atoms with Crippen molar-refractivity contribution in [3.63, 3.8) is 0 Å². The topological polar surface area (TPSA) is 30.5 Å². The number of halogens is 2. The average Bonchev–Trinajstić information content (AvgIpc) is 2.44. The van der Waals surface area contributed by atoms with Crippen molar-refractivity contribution in [2.75, 3.05) is 20.3 Å². The van der Waals surface area contributed by atoms with Crippen molar-refractivity contribution < 1.29 is 9.47 Å². The Balaban J connectivity index is 2.81. The molecule has 3 nitrogen and oxygen atoms in total. The van der Waals surface area contributed by atoms with Gasteiger partial charge in [0.15, 0.2) is 0 Å². The van der Waals surface area contributed by atoms with Gasteiger partial charge < -0.3 is 14.8 Å². The van der Waals surface area contributed by atoms with E-state index >= 15 is 0 Å². The Kier molecular flexibility index (Phi) is 7.72. The van der Waals surface area contributed by atoms with E-state index in [0.29, 0.717) is 18.2 Å². The summed E-state index contributed by atoms with van der Waals surface area (Å²) < 4.78 is 11.2. The van der Waals surface area contributed by atoms with E-state index in [1.165, 1.54) is 5.54 Å². The summed E-state index contributed by atoms with van der Waals surface area (Å²) in [6.45, 7) is 3.72. The first-order valence-corrected chi connectivity index (χ1v) is 7.00. The van der Waals surface area contributed by atoms with Crippen LogP contribution in [-0.2, 0) is 6.54 Å². The highest BCUT2D eigenvalue weighted by Gasteiger charge is 2.06. The van der Waals surface area contributed by atoms with Crippen molar-refractivity contribution in [1.82, 2.24) is 5.32 Å². The molecule has 1 N–H and O–H groups in total. The molecule has 0 saturated heterocycles. The van der Waals surface area contributed by atoms with E-state index in [1.54, 1.807) is 0 Å². The summed E-state index contributed by atoms with van der Waals surface area (Å²) in [6, 6.07) is 5.80. The number of ether oxygens (including phenoxy) is 2. The van der Waals surface area contributed by atoms with Crippen molar-refractivity contribution in [2.45, 2.75) is 19.9 Å². The molecule has 0 amide bonds. The molecule has 0 saturated carbocycles. The van der Waals surface area contributed by atoms with Gasteiger partial charge in [0.05, 0.1) is 11.6 Å². The SMILES string of the molecule is CCCOc1ccc(CNC)c(OCC(Cl)=CCl)c1. The van der Waals surface area contributed by atoms with E-state index in [4.69, 9.17) is 32.7 Å². The normalized spacial score (nSPS) is 11.5. The van der Waals surface area contributed by atoms with Crippen LogP contribution in [0.1, 0.15) is 18.9 Å². The van der Waals surface area contributed by atoms with Gasteiger partial charge in [0.2, 0.25) is 0 Å². The molecule has 0 radical (unpaired) electrons. The number of hydrogen-bond acceptors (Lipinski definition) is 3. The molecule has 5 heteroatoms. The molecule has 0 atom stereocenters. The molecule has 106 valence electrons. The fourth-order valence-corrected chi connectivity index (χ4v) is 1.61. The van der Waals surface area contributed by atoms with E-state index in [-0.39, 0.29) is 6.61 Å². The summed E-state index contributed by atoms with van der Waals surface area (Å²) in [6.07, 6.45) is 0.968. The highest BCUT2D eigenvalue weighted by Crippen LogP contribution is 2.26. The quantitative estimate of drug-likeness (QED) is 0.790. The Bertz CT molecular complexity index is 422. The van der Waals surface area contributed by atoms with Crippen LogP contribution >= 0.6 is 23.2 Å². The summed E-state index contributed by atoms with van der Waals surface area (Å²) in [5.74, 6) is 1.54. The van der Waals surface area contributed by atoms with Crippen molar-refractivity contribution in [1.29, 1.82) is 0 Å². The van der Waals surface area contributed by atoms with E-state index in [9.17, 15) is 0 Å². The van der Waals surface area contributed by atoms with Crippen molar-refractivity contribution >= 4 is 23.2 Å². The molecular formula is C14H19Cl2NO2. The van der Waals surface area contributed by atoms with Gasteiger partial charge in [-0.1, -0.05) is 36.2 Å². The Morgan fingerprint density at radius 1 is 1.37 bits per heavy atom. The van der Waals surface area contributed by atoms with Crippen LogP contribution in [0, 0.1) is 0 Å². The third-order valence-corrected chi connectivity index (χ3v) is 2.96. The third-order valence-electron chi connectivity index (χ3n) is 2.36. The van der Waals surface area contributed by atoms with E-state index in [0.717, 1.165) is 23.5 Å². The van der Waals surface area contributed by atoms with Gasteiger partial charge in [-0.3, -0.25) is 0 Å². The molecular weight excluding hydrogens is 285 g/mol. The van der Waals surface area contributed by atoms with Crippen LogP contribution in [0.15, 0.2) is 28.8 Å². The maximum Gasteiger partial charge on any atom is 0.128 e. The summed E-state index contributed by atoms with van der Waals surface area (Å²) >= 11 is 11.3. The third kappa shape index (κ3) is 5.72. The molecule has 19 heavy (non-hydrogen) atoms. The number of nitrogens with one attached hydrogen (secondary N) is 1. The van der Waals surface area contributed by atoms with Gasteiger partial charge in [-0.15, -0.1) is 0 Å². The predicted octanol–water partition coefficient (Wildman–Crippen LogP) is 3.89. The molecule has 0 aliphatic carbocycles. The smallest absolute Gasteiger partial charge is 0.128 e. The van der Waals surface area contributed by atoms with Gasteiger partial charge in [-0.2, -0.15) is 0 Å². The lowest BCUT2D eigenvalue weighted by Crippen LogP contribution is -2.08. The molecule has 0 fully saturated rings. The van der Waals surface area contributed by atoms with E-state index in [1.807, 2.05) is 25.2 Å². The lowest BCUT2D eigenvalue weighted by atomic mass is 10.2. The van der Waals surface area contributed by atoms with Crippen LogP contribution in [0.3, 0.4) is 0 Å². The predicted molar refractivity (Wildman–Crippen MR) is 80.3 cm³/mol. The molecule has 0 aliphatic rings. The molecule has 0 heterocycles. The molecule has 0 aromatic heterocycles. The average molecular weight is 304 g/mol. The zero-order valence-corrected chi connectivity index (χ0v) is 12.7. The molecule has 0 aliphatic heterocycles. The van der Waals surface area contributed by atoms with E-state index < -0.39 is 0 Å². The lowest BCUT2D eigenvalue weighted by Gasteiger charge is -2.13. The highest BCUT2D eigenvalue weighted by molar-refractivity contribution is 6.36. The summed E-state index contributed by atoms with van der Waals surface area (Å²) in [5, 5.41) is 3.55. The van der Waals surface area contributed by atoms with Gasteiger partial charge in [0.25, 0.3) is 0 Å². The molecule has 0 spiro atoms. The fourth-order valence-electron chi connectivity index (χ4n) is 1.49. The second kappa shape index (κ2) is 9.08. The van der Waals surface area contributed by atoms with Crippen LogP contribution in [0.25, 0.3) is 0 Å². The molecule has 0 unspecified atom stereocenters. The maximum absolute atomic E-state index is 5.83. The maximum atomic E-state index is 5.83. The standard InChI is InChI=1S/C14H19Cl2NO2/c1-3-6-18-13-5-4-11(9-17-2)14(7-13)19-10-12(16)8-15/h4-5,7-8,17H,3,6,9-10H2,1-2H3. The van der Waals surface area contributed by atoms with Crippen LogP contribution < -0.4 is 14.8 Å². The minimum atomic E-state index is 0.249. The molecule has 1 aromatic rings. The van der Waals surface area contributed by atoms with Crippen molar-refractivity contribution in [2.24, 2.45) is 0 Å². The Labute approximate surface area is 124 Å². The first kappa shape index (κ1) is 16.2. The highest BCUT2D eigenvalue weighted by atomic mass is 35.5. The zero-order chi connectivity index (χ0) is 14.1. The Morgan fingerprint density at radius 2 is 2.16 bits per heavy atom. The second-order valence-corrected chi connectivity index (χ2v) is 4.70. The van der Waals surface area contributed by atoms with Gasteiger partial charge >= 0.3 is 0 Å². The largest absolute Gasteiger partial charge is 0.493 e. The van der Waals surface area contributed by atoms with E-state index in [2.05, 4.69) is 12.2 Å². The second-order valence-electron chi connectivity index (χ2n) is 3.99. The minimum absolute atomic E-state index is 0.249. The lowest BCUT2D eigenvalue weighted by molar-refractivity contribution is 0.310. The van der Waals surface area contributed by atoms with Gasteiger partial charge in [0.1, 0.15) is 18.1 Å². The van der Waals surface area contributed by atoms with Crippen molar-refractivity contribution in [3.8, 4) is 11.5 Å². The van der Waals surface area contributed by atoms with Crippen molar-refractivity contribution in [3.05, 3.63) is 34.3 Å². The Hall–Kier alpha value is -0.900. The van der Waals surface area contributed by atoms with Gasteiger partial charge in [-0.25, -0.2) is 0 Å². The number of benzene rings is 1. The summed E-state index contributed by atoms with van der Waals surface area (Å²) in [7, 11) is 1.89. The molecule has 1 aromatic carbocycles. The monoisotopic (exact) mass is 303 g/mol. The summed E-state index contributed by atoms with van der Waals surface area (Å²) in [4.78, 5) is 0. The molecule has 0 bridgehead atoms. The Morgan fingerprint density at radius 3 is 2.79 bits per heavy atom. The van der Waals surface area contributed by atoms with Gasteiger partial charge in [0, 0.05) is 23.7 Å². The van der Waals surface area contributed by atoms with Crippen LogP contribution in [-0.4, -0.2) is 20.3 Å². The summed E-state index contributed by atoms with van der Waals surface area (Å²) in [5.41, 5.74) is 2.35. The van der Waals surface area contributed by atoms with Crippen LogP contribution in [0.2, 0.25) is 0 Å². The number of hydrogen-bond donors (Lipinski definition) is 1.